The predicted octanol–water partition coefficient (Wildman–Crippen LogP) is 4.05. The molecule has 0 bridgehead atoms. The van der Waals surface area contributed by atoms with Crippen molar-refractivity contribution in [3.05, 3.63) is 28.0 Å². The Morgan fingerprint density at radius 3 is 2.56 bits per heavy atom. The van der Waals surface area contributed by atoms with E-state index in [-0.39, 0.29) is 0 Å². The van der Waals surface area contributed by atoms with Gasteiger partial charge in [-0.3, -0.25) is 0 Å². The van der Waals surface area contributed by atoms with E-state index in [1.165, 1.54) is 24.4 Å². The van der Waals surface area contributed by atoms with Crippen LogP contribution in [0.1, 0.15) is 24.6 Å². The lowest BCUT2D eigenvalue weighted by Crippen LogP contribution is -1.93. The van der Waals surface area contributed by atoms with E-state index < -0.39 is 0 Å². The lowest BCUT2D eigenvalue weighted by molar-refractivity contribution is 0.987. The highest BCUT2D eigenvalue weighted by molar-refractivity contribution is 7.09. The summed E-state index contributed by atoms with van der Waals surface area (Å²) in [7, 11) is 0. The number of halogens is 2. The van der Waals surface area contributed by atoms with Crippen LogP contribution >= 0.6 is 34.7 Å². The van der Waals surface area contributed by atoms with Crippen molar-refractivity contribution in [2.75, 3.05) is 11.1 Å². The molecule has 0 radical (unpaired) electrons. The summed E-state index contributed by atoms with van der Waals surface area (Å²) < 4.78 is 4.31. The molecule has 1 fully saturated rings. The van der Waals surface area contributed by atoms with E-state index in [4.69, 9.17) is 28.9 Å². The lowest BCUT2D eigenvalue weighted by atomic mass is 10.3. The predicted molar refractivity (Wildman–Crippen MR) is 76.0 cm³/mol. The molecule has 0 saturated heterocycles. The zero-order valence-electron chi connectivity index (χ0n) is 9.28. The first-order valence-corrected chi connectivity index (χ1v) is 7.01. The summed E-state index contributed by atoms with van der Waals surface area (Å²) in [5.74, 6) is 1.48. The second kappa shape index (κ2) is 4.57. The smallest absolute Gasteiger partial charge is 0.207 e. The van der Waals surface area contributed by atoms with Crippen LogP contribution in [0, 0.1) is 0 Å². The molecule has 18 heavy (non-hydrogen) atoms. The average Bonchev–Trinajstić information content (AvgIpc) is 3.08. The maximum atomic E-state index is 5.97. The fourth-order valence-corrected chi connectivity index (χ4v) is 2.73. The molecule has 1 heterocycles. The van der Waals surface area contributed by atoms with E-state index in [1.54, 1.807) is 12.1 Å². The molecule has 94 valence electrons. The summed E-state index contributed by atoms with van der Waals surface area (Å²) >= 11 is 13.3. The van der Waals surface area contributed by atoms with E-state index in [2.05, 4.69) is 14.7 Å². The number of nitrogens with two attached hydrogens (primary N) is 1. The molecule has 1 aliphatic rings. The van der Waals surface area contributed by atoms with Crippen molar-refractivity contribution in [3.63, 3.8) is 0 Å². The third kappa shape index (κ3) is 2.39. The molecule has 3 N–H and O–H groups in total. The first-order valence-electron chi connectivity index (χ1n) is 5.48. The molecule has 0 aliphatic heterocycles. The maximum absolute atomic E-state index is 5.97. The van der Waals surface area contributed by atoms with Gasteiger partial charge in [-0.15, -0.1) is 0 Å². The number of benzene rings is 1. The fourth-order valence-electron chi connectivity index (χ4n) is 1.57. The van der Waals surface area contributed by atoms with Gasteiger partial charge in [0.1, 0.15) is 5.82 Å². The second-order valence-electron chi connectivity index (χ2n) is 4.21. The molecule has 7 heteroatoms. The first-order chi connectivity index (χ1) is 8.63. The average molecular weight is 301 g/mol. The SMILES string of the molecule is Nc1c(Cl)cc(Nc2nc(C3CC3)ns2)cc1Cl. The van der Waals surface area contributed by atoms with Crippen LogP contribution in [0.25, 0.3) is 0 Å². The number of nitrogens with one attached hydrogen (secondary N) is 1. The third-order valence-corrected chi connectivity index (χ3v) is 3.98. The topological polar surface area (TPSA) is 63.8 Å². The largest absolute Gasteiger partial charge is 0.396 e. The maximum Gasteiger partial charge on any atom is 0.207 e. The Balaban J connectivity index is 1.82. The zero-order valence-corrected chi connectivity index (χ0v) is 11.6. The third-order valence-electron chi connectivity index (χ3n) is 2.71. The number of anilines is 3. The molecular formula is C11H10Cl2N4S. The molecule has 0 unspecified atom stereocenters. The summed E-state index contributed by atoms with van der Waals surface area (Å²) in [5.41, 5.74) is 6.83. The standard InChI is InChI=1S/C11H10Cl2N4S/c12-7-3-6(4-8(13)9(7)14)15-11-16-10(17-18-11)5-1-2-5/h3-5H,1-2,14H2,(H,15,16,17). The second-order valence-corrected chi connectivity index (χ2v) is 5.78. The Hall–Kier alpha value is -1.04. The van der Waals surface area contributed by atoms with Gasteiger partial charge in [-0.2, -0.15) is 4.37 Å². The number of nitrogens with zero attached hydrogens (tertiary/aromatic N) is 2. The van der Waals surface area contributed by atoms with E-state index in [0.29, 0.717) is 21.7 Å². The molecule has 0 spiro atoms. The van der Waals surface area contributed by atoms with Gasteiger partial charge in [0.2, 0.25) is 5.13 Å². The summed E-state index contributed by atoms with van der Waals surface area (Å²) in [5, 5.41) is 4.74. The lowest BCUT2D eigenvalue weighted by Gasteiger charge is -2.06. The number of aromatic nitrogens is 2. The number of hydrogen-bond acceptors (Lipinski definition) is 5. The summed E-state index contributed by atoms with van der Waals surface area (Å²) in [6.07, 6.45) is 2.38. The van der Waals surface area contributed by atoms with Gasteiger partial charge >= 0.3 is 0 Å². The monoisotopic (exact) mass is 300 g/mol. The Morgan fingerprint density at radius 1 is 1.28 bits per heavy atom. The highest BCUT2D eigenvalue weighted by atomic mass is 35.5. The number of rotatable bonds is 3. The molecule has 0 amide bonds. The van der Waals surface area contributed by atoms with E-state index in [1.807, 2.05) is 0 Å². The highest BCUT2D eigenvalue weighted by Gasteiger charge is 2.27. The molecule has 3 rings (SSSR count). The zero-order chi connectivity index (χ0) is 12.7. The van der Waals surface area contributed by atoms with Crippen molar-refractivity contribution in [3.8, 4) is 0 Å². The number of nitrogen functional groups attached to an aromatic ring is 1. The van der Waals surface area contributed by atoms with Gasteiger partial charge in [0.05, 0.1) is 15.7 Å². The molecule has 1 aromatic carbocycles. The van der Waals surface area contributed by atoms with E-state index in [9.17, 15) is 0 Å². The van der Waals surface area contributed by atoms with Crippen LogP contribution in [0.3, 0.4) is 0 Å². The normalized spacial score (nSPS) is 14.8. The Morgan fingerprint density at radius 2 is 1.94 bits per heavy atom. The van der Waals surface area contributed by atoms with Crippen LogP contribution in [0.4, 0.5) is 16.5 Å². The van der Waals surface area contributed by atoms with Crippen LogP contribution < -0.4 is 11.1 Å². The Kier molecular flexibility index (Phi) is 3.05. The Labute approximate surface area is 118 Å². The van der Waals surface area contributed by atoms with Gasteiger partial charge in [0, 0.05) is 23.1 Å². The minimum atomic E-state index is 0.389. The van der Waals surface area contributed by atoms with Gasteiger partial charge in [-0.1, -0.05) is 23.2 Å². The van der Waals surface area contributed by atoms with Crippen molar-refractivity contribution in [1.29, 1.82) is 0 Å². The van der Waals surface area contributed by atoms with Gasteiger partial charge < -0.3 is 11.1 Å². The highest BCUT2D eigenvalue weighted by Crippen LogP contribution is 2.40. The quantitative estimate of drug-likeness (QED) is 0.840. The fraction of sp³-hybridized carbons (Fsp3) is 0.273. The van der Waals surface area contributed by atoms with Crippen molar-refractivity contribution in [2.45, 2.75) is 18.8 Å². The van der Waals surface area contributed by atoms with E-state index in [0.717, 1.165) is 16.6 Å². The molecule has 4 nitrogen and oxygen atoms in total. The summed E-state index contributed by atoms with van der Waals surface area (Å²) in [6.45, 7) is 0. The van der Waals surface area contributed by atoms with Crippen molar-refractivity contribution >= 4 is 51.2 Å². The van der Waals surface area contributed by atoms with Crippen molar-refractivity contribution in [2.24, 2.45) is 0 Å². The van der Waals surface area contributed by atoms with Gasteiger partial charge in [0.25, 0.3) is 0 Å². The summed E-state index contributed by atoms with van der Waals surface area (Å²) in [6, 6.07) is 3.45. The van der Waals surface area contributed by atoms with Crippen LogP contribution in [0.15, 0.2) is 12.1 Å². The summed E-state index contributed by atoms with van der Waals surface area (Å²) in [4.78, 5) is 4.43. The molecule has 0 atom stereocenters. The molecular weight excluding hydrogens is 291 g/mol. The van der Waals surface area contributed by atoms with Crippen LogP contribution in [0.2, 0.25) is 10.0 Å². The molecule has 2 aromatic rings. The van der Waals surface area contributed by atoms with Crippen LogP contribution in [-0.2, 0) is 0 Å². The van der Waals surface area contributed by atoms with E-state index >= 15 is 0 Å². The number of hydrogen-bond donors (Lipinski definition) is 2. The van der Waals surface area contributed by atoms with Gasteiger partial charge in [0.15, 0.2) is 0 Å². The molecule has 1 saturated carbocycles. The van der Waals surface area contributed by atoms with Crippen LogP contribution in [0.5, 0.6) is 0 Å². The van der Waals surface area contributed by atoms with Gasteiger partial charge in [-0.25, -0.2) is 4.98 Å². The van der Waals surface area contributed by atoms with Crippen molar-refractivity contribution in [1.82, 2.24) is 9.36 Å². The van der Waals surface area contributed by atoms with Crippen LogP contribution in [-0.4, -0.2) is 9.36 Å². The van der Waals surface area contributed by atoms with Crippen molar-refractivity contribution < 1.29 is 0 Å². The molecule has 1 aliphatic carbocycles. The Bertz CT molecular complexity index is 571. The minimum Gasteiger partial charge on any atom is -0.396 e. The first kappa shape index (κ1) is 12.0. The van der Waals surface area contributed by atoms with Gasteiger partial charge in [-0.05, 0) is 25.0 Å². The minimum absolute atomic E-state index is 0.389. The molecule has 1 aromatic heterocycles.